The van der Waals surface area contributed by atoms with E-state index in [1.807, 2.05) is 0 Å². The van der Waals surface area contributed by atoms with Crippen LogP contribution in [0.25, 0.3) is 22.3 Å². The molecule has 0 saturated heterocycles. The molecule has 0 amide bonds. The van der Waals surface area contributed by atoms with Crippen LogP contribution in [0.4, 0.5) is 13.6 Å². The van der Waals surface area contributed by atoms with E-state index in [1.54, 1.807) is 38.1 Å². The fourth-order valence-electron chi connectivity index (χ4n) is 4.02. The molecule has 168 valence electrons. The molecule has 0 radical (unpaired) electrons. The van der Waals surface area contributed by atoms with Gasteiger partial charge in [-0.2, -0.15) is 9.78 Å². The normalized spacial score (nSPS) is 14.4. The van der Waals surface area contributed by atoms with E-state index in [9.17, 15) is 18.4 Å². The number of aryl methyl sites for hydroxylation is 1. The highest BCUT2D eigenvalue weighted by molar-refractivity contribution is 6.33. The van der Waals surface area contributed by atoms with Gasteiger partial charge in [-0.1, -0.05) is 29.8 Å². The SMILES string of the molecule is Cn1c(=O)c(Oc2ccc(F)cc2F)c2c3c1c(-c1ccccc1Cl)nn3C(=O)OC2(C)C. The number of aromatic nitrogens is 3. The molecular formula is C23H16ClF2N3O4. The van der Waals surface area contributed by atoms with Gasteiger partial charge in [0.25, 0.3) is 5.56 Å². The van der Waals surface area contributed by atoms with Crippen LogP contribution in [0.15, 0.2) is 47.3 Å². The molecule has 5 rings (SSSR count). The minimum absolute atomic E-state index is 0.203. The van der Waals surface area contributed by atoms with Crippen molar-refractivity contribution in [1.82, 2.24) is 14.3 Å². The molecule has 1 aliphatic heterocycles. The van der Waals surface area contributed by atoms with Crippen molar-refractivity contribution in [1.29, 1.82) is 0 Å². The zero-order valence-electron chi connectivity index (χ0n) is 17.6. The first-order valence-corrected chi connectivity index (χ1v) is 10.3. The van der Waals surface area contributed by atoms with E-state index in [2.05, 4.69) is 5.10 Å². The third kappa shape index (κ3) is 3.11. The standard InChI is InChI=1S/C23H16ClF2N3O4/c1-23(2)16-18-19(17(27-29(18)22(31)33-23)12-6-4-5-7-13(12)24)28(3)21(30)20(16)32-15-9-8-11(25)10-14(15)26/h4-10H,1-3H3. The summed E-state index contributed by atoms with van der Waals surface area (Å²) in [5, 5.41) is 4.77. The van der Waals surface area contributed by atoms with E-state index < -0.39 is 28.9 Å². The van der Waals surface area contributed by atoms with E-state index in [0.29, 0.717) is 27.9 Å². The Bertz CT molecular complexity index is 1540. The molecule has 0 spiro atoms. The summed E-state index contributed by atoms with van der Waals surface area (Å²) in [6.45, 7) is 3.16. The summed E-state index contributed by atoms with van der Waals surface area (Å²) in [5.41, 5.74) is -0.330. The molecule has 2 aromatic carbocycles. The quantitative estimate of drug-likeness (QED) is 0.402. The second-order valence-corrected chi connectivity index (χ2v) is 8.47. The van der Waals surface area contributed by atoms with E-state index in [-0.39, 0.29) is 22.6 Å². The molecule has 0 bridgehead atoms. The maximum Gasteiger partial charge on any atom is 0.436 e. The molecule has 0 fully saturated rings. The van der Waals surface area contributed by atoms with Gasteiger partial charge in [-0.15, -0.1) is 0 Å². The highest BCUT2D eigenvalue weighted by Gasteiger charge is 2.42. The lowest BCUT2D eigenvalue weighted by molar-refractivity contribution is 0.0290. The van der Waals surface area contributed by atoms with Crippen LogP contribution in [0.3, 0.4) is 0 Å². The van der Waals surface area contributed by atoms with Crippen LogP contribution < -0.4 is 10.3 Å². The van der Waals surface area contributed by atoms with Crippen molar-refractivity contribution in [2.75, 3.05) is 0 Å². The van der Waals surface area contributed by atoms with Gasteiger partial charge in [0.1, 0.15) is 22.6 Å². The predicted molar refractivity (Wildman–Crippen MR) is 117 cm³/mol. The summed E-state index contributed by atoms with van der Waals surface area (Å²) in [7, 11) is 1.48. The van der Waals surface area contributed by atoms with Gasteiger partial charge in [0.05, 0.1) is 16.1 Å². The van der Waals surface area contributed by atoms with Gasteiger partial charge in [-0.3, -0.25) is 4.79 Å². The maximum atomic E-state index is 14.3. The maximum absolute atomic E-state index is 14.3. The van der Waals surface area contributed by atoms with Crippen molar-refractivity contribution in [2.45, 2.75) is 19.4 Å². The van der Waals surface area contributed by atoms with Crippen molar-refractivity contribution >= 4 is 28.7 Å². The summed E-state index contributed by atoms with van der Waals surface area (Å²) in [4.78, 5) is 26.2. The Kier molecular flexibility index (Phi) is 4.58. The fourth-order valence-corrected chi connectivity index (χ4v) is 4.25. The van der Waals surface area contributed by atoms with Crippen molar-refractivity contribution in [3.8, 4) is 22.8 Å². The number of carbonyl (C=O) groups excluding carboxylic acids is 1. The van der Waals surface area contributed by atoms with Crippen LogP contribution >= 0.6 is 11.6 Å². The molecule has 0 unspecified atom stereocenters. The van der Waals surface area contributed by atoms with Crippen molar-refractivity contribution in [3.05, 3.63) is 75.0 Å². The average molecular weight is 472 g/mol. The van der Waals surface area contributed by atoms with Gasteiger partial charge >= 0.3 is 6.09 Å². The second-order valence-electron chi connectivity index (χ2n) is 8.06. The highest BCUT2D eigenvalue weighted by Crippen LogP contribution is 2.44. The molecule has 1 aliphatic rings. The van der Waals surface area contributed by atoms with Gasteiger partial charge in [0.15, 0.2) is 11.6 Å². The largest absolute Gasteiger partial charge is 0.448 e. The molecule has 0 N–H and O–H groups in total. The average Bonchev–Trinajstić information content (AvgIpc) is 3.13. The monoisotopic (exact) mass is 471 g/mol. The third-order valence-electron chi connectivity index (χ3n) is 5.51. The smallest absolute Gasteiger partial charge is 0.436 e. The minimum Gasteiger partial charge on any atom is -0.448 e. The predicted octanol–water partition coefficient (Wildman–Crippen LogP) is 5.36. The molecule has 33 heavy (non-hydrogen) atoms. The number of rotatable bonds is 3. The van der Waals surface area contributed by atoms with E-state index >= 15 is 0 Å². The summed E-state index contributed by atoms with van der Waals surface area (Å²) in [5.74, 6) is -2.39. The topological polar surface area (TPSA) is 75.4 Å². The van der Waals surface area contributed by atoms with Crippen LogP contribution in [-0.2, 0) is 17.4 Å². The third-order valence-corrected chi connectivity index (χ3v) is 5.84. The molecule has 2 aromatic heterocycles. The van der Waals surface area contributed by atoms with Gasteiger partial charge < -0.3 is 14.0 Å². The van der Waals surface area contributed by atoms with Crippen molar-refractivity contribution in [3.63, 3.8) is 0 Å². The highest BCUT2D eigenvalue weighted by atomic mass is 35.5. The number of carbonyl (C=O) groups is 1. The first kappa shape index (κ1) is 21.1. The number of pyridine rings is 1. The lowest BCUT2D eigenvalue weighted by Crippen LogP contribution is -2.37. The molecule has 10 heteroatoms. The van der Waals surface area contributed by atoms with Crippen LogP contribution in [0, 0.1) is 11.6 Å². The minimum atomic E-state index is -1.32. The van der Waals surface area contributed by atoms with Gasteiger partial charge in [0, 0.05) is 18.7 Å². The molecule has 0 atom stereocenters. The van der Waals surface area contributed by atoms with E-state index in [1.165, 1.54) is 11.6 Å². The number of nitrogens with zero attached hydrogens (tertiary/aromatic N) is 3. The molecule has 0 saturated carbocycles. The molecular weight excluding hydrogens is 456 g/mol. The first-order chi connectivity index (χ1) is 15.6. The van der Waals surface area contributed by atoms with Crippen molar-refractivity contribution in [2.24, 2.45) is 7.05 Å². The van der Waals surface area contributed by atoms with E-state index in [4.69, 9.17) is 21.1 Å². The Balaban J connectivity index is 1.89. The van der Waals surface area contributed by atoms with Crippen LogP contribution in [0.5, 0.6) is 11.5 Å². The number of benzene rings is 2. The second kappa shape index (κ2) is 7.14. The van der Waals surface area contributed by atoms with Crippen molar-refractivity contribution < 1.29 is 23.0 Å². The van der Waals surface area contributed by atoms with Gasteiger partial charge in [0.2, 0.25) is 5.75 Å². The first-order valence-electron chi connectivity index (χ1n) is 9.87. The lowest BCUT2D eigenvalue weighted by Gasteiger charge is -2.31. The van der Waals surface area contributed by atoms with Crippen LogP contribution in [0.1, 0.15) is 19.4 Å². The molecule has 3 heterocycles. The summed E-state index contributed by atoms with van der Waals surface area (Å²) >= 11 is 6.37. The number of halogens is 3. The van der Waals surface area contributed by atoms with Gasteiger partial charge in [-0.05, 0) is 32.0 Å². The molecule has 0 aliphatic carbocycles. The van der Waals surface area contributed by atoms with E-state index in [0.717, 1.165) is 16.8 Å². The number of cyclic esters (lactones) is 1. The Hall–Kier alpha value is -3.72. The number of hydrogen-bond donors (Lipinski definition) is 0. The Morgan fingerprint density at radius 1 is 1.09 bits per heavy atom. The van der Waals surface area contributed by atoms with Crippen LogP contribution in [-0.4, -0.2) is 20.4 Å². The fraction of sp³-hybridized carbons (Fsp3) is 0.174. The Labute approximate surface area is 190 Å². The number of hydrogen-bond acceptors (Lipinski definition) is 5. The molecule has 7 nitrogen and oxygen atoms in total. The Morgan fingerprint density at radius 3 is 2.52 bits per heavy atom. The Morgan fingerprint density at radius 2 is 1.82 bits per heavy atom. The summed E-state index contributed by atoms with van der Waals surface area (Å²) in [6.07, 6.45) is -0.756. The zero-order valence-corrected chi connectivity index (χ0v) is 18.4. The summed E-state index contributed by atoms with van der Waals surface area (Å²) in [6, 6.07) is 9.61. The van der Waals surface area contributed by atoms with Crippen LogP contribution in [0.2, 0.25) is 5.02 Å². The number of ether oxygens (including phenoxy) is 2. The lowest BCUT2D eigenvalue weighted by atomic mass is 9.94. The van der Waals surface area contributed by atoms with Gasteiger partial charge in [-0.25, -0.2) is 13.6 Å². The summed E-state index contributed by atoms with van der Waals surface area (Å²) < 4.78 is 41.2. The molecule has 4 aromatic rings. The zero-order chi connectivity index (χ0) is 23.7.